The summed E-state index contributed by atoms with van der Waals surface area (Å²) in [5.74, 6) is 1.17. The van der Waals surface area contributed by atoms with E-state index in [9.17, 15) is 4.79 Å². The van der Waals surface area contributed by atoms with Gasteiger partial charge in [-0.05, 0) is 55.5 Å². The van der Waals surface area contributed by atoms with E-state index in [2.05, 4.69) is 24.9 Å². The van der Waals surface area contributed by atoms with Crippen molar-refractivity contribution in [2.75, 3.05) is 13.1 Å². The maximum Gasteiger partial charge on any atom is 0.254 e. The molecule has 4 nitrogen and oxygen atoms in total. The molecule has 2 aromatic heterocycles. The quantitative estimate of drug-likeness (QED) is 0.665. The Balaban J connectivity index is 1.84. The van der Waals surface area contributed by atoms with E-state index in [0.717, 1.165) is 46.4 Å². The smallest absolute Gasteiger partial charge is 0.254 e. The van der Waals surface area contributed by atoms with Crippen molar-refractivity contribution in [2.45, 2.75) is 27.2 Å². The Kier molecular flexibility index (Phi) is 4.65. The SMILES string of the molecule is Cc1ccc2nc(-c3cccnc3)cc(C(=O)N3CC(C)CC(C)C3)c2c1. The number of fused-ring (bicyclic) bond motifs is 1. The van der Waals surface area contributed by atoms with E-state index in [1.54, 1.807) is 12.4 Å². The van der Waals surface area contributed by atoms with Gasteiger partial charge in [-0.2, -0.15) is 0 Å². The third-order valence-corrected chi connectivity index (χ3v) is 5.31. The van der Waals surface area contributed by atoms with E-state index >= 15 is 0 Å². The van der Waals surface area contributed by atoms with Gasteiger partial charge in [-0.1, -0.05) is 25.5 Å². The first-order valence-corrected chi connectivity index (χ1v) is 9.62. The molecule has 3 heterocycles. The van der Waals surface area contributed by atoms with Crippen LogP contribution < -0.4 is 0 Å². The predicted octanol–water partition coefficient (Wildman–Crippen LogP) is 4.72. The number of nitrogens with zero attached hydrogens (tertiary/aromatic N) is 3. The number of rotatable bonds is 2. The molecule has 0 spiro atoms. The highest BCUT2D eigenvalue weighted by molar-refractivity contribution is 6.07. The highest BCUT2D eigenvalue weighted by atomic mass is 16.2. The Labute approximate surface area is 160 Å². The number of amides is 1. The van der Waals surface area contributed by atoms with E-state index < -0.39 is 0 Å². The number of aromatic nitrogens is 2. The molecule has 2 atom stereocenters. The van der Waals surface area contributed by atoms with E-state index in [0.29, 0.717) is 11.8 Å². The summed E-state index contributed by atoms with van der Waals surface area (Å²) in [4.78, 5) is 24.5. The average Bonchev–Trinajstić information content (AvgIpc) is 2.66. The van der Waals surface area contributed by atoms with Gasteiger partial charge in [-0.25, -0.2) is 4.98 Å². The normalized spacial score (nSPS) is 20.0. The Morgan fingerprint density at radius 2 is 1.89 bits per heavy atom. The van der Waals surface area contributed by atoms with Gasteiger partial charge in [0.1, 0.15) is 0 Å². The molecule has 1 saturated heterocycles. The third kappa shape index (κ3) is 3.57. The summed E-state index contributed by atoms with van der Waals surface area (Å²) < 4.78 is 0. The number of aryl methyl sites for hydroxylation is 1. The van der Waals surface area contributed by atoms with E-state index in [1.807, 2.05) is 42.2 Å². The number of carbonyl (C=O) groups is 1. The maximum atomic E-state index is 13.5. The van der Waals surface area contributed by atoms with Crippen LogP contribution in [0.1, 0.15) is 36.2 Å². The van der Waals surface area contributed by atoms with Gasteiger partial charge in [0.25, 0.3) is 5.91 Å². The van der Waals surface area contributed by atoms with Crippen LogP contribution in [0.2, 0.25) is 0 Å². The number of carbonyl (C=O) groups excluding carboxylic acids is 1. The fourth-order valence-electron chi connectivity index (χ4n) is 4.18. The highest BCUT2D eigenvalue weighted by Gasteiger charge is 2.27. The van der Waals surface area contributed by atoms with E-state index in [4.69, 9.17) is 4.98 Å². The van der Waals surface area contributed by atoms with Crippen LogP contribution in [0.5, 0.6) is 0 Å². The number of likely N-dealkylation sites (tertiary alicyclic amines) is 1. The van der Waals surface area contributed by atoms with E-state index in [-0.39, 0.29) is 5.91 Å². The van der Waals surface area contributed by atoms with Crippen molar-refractivity contribution in [1.29, 1.82) is 0 Å². The standard InChI is InChI=1S/C23H25N3O/c1-15-6-7-21-19(10-15)20(11-22(25-21)18-5-4-8-24-12-18)23(27)26-13-16(2)9-17(3)14-26/h4-8,10-12,16-17H,9,13-14H2,1-3H3. The molecule has 1 aliphatic rings. The Morgan fingerprint density at radius 1 is 1.11 bits per heavy atom. The summed E-state index contributed by atoms with van der Waals surface area (Å²) in [6.45, 7) is 8.15. The molecule has 138 valence electrons. The summed E-state index contributed by atoms with van der Waals surface area (Å²) in [6.07, 6.45) is 4.72. The Bertz CT molecular complexity index is 974. The van der Waals surface area contributed by atoms with Crippen molar-refractivity contribution in [3.05, 3.63) is 59.9 Å². The molecular weight excluding hydrogens is 334 g/mol. The molecule has 3 aromatic rings. The largest absolute Gasteiger partial charge is 0.338 e. The molecule has 1 aromatic carbocycles. The summed E-state index contributed by atoms with van der Waals surface area (Å²) in [7, 11) is 0. The van der Waals surface area contributed by atoms with Gasteiger partial charge in [-0.3, -0.25) is 9.78 Å². The fourth-order valence-corrected chi connectivity index (χ4v) is 4.18. The molecule has 2 unspecified atom stereocenters. The van der Waals surface area contributed by atoms with Crippen LogP contribution in [-0.4, -0.2) is 33.9 Å². The maximum absolute atomic E-state index is 13.5. The molecule has 0 saturated carbocycles. The first-order valence-electron chi connectivity index (χ1n) is 9.62. The second kappa shape index (κ2) is 7.10. The monoisotopic (exact) mass is 359 g/mol. The molecule has 0 bridgehead atoms. The van der Waals surface area contributed by atoms with Gasteiger partial charge >= 0.3 is 0 Å². The Hall–Kier alpha value is -2.75. The number of hydrogen-bond donors (Lipinski definition) is 0. The van der Waals surface area contributed by atoms with Crippen molar-refractivity contribution < 1.29 is 4.79 Å². The zero-order valence-corrected chi connectivity index (χ0v) is 16.1. The zero-order valence-electron chi connectivity index (χ0n) is 16.1. The zero-order chi connectivity index (χ0) is 19.0. The first-order chi connectivity index (χ1) is 13.0. The molecule has 0 radical (unpaired) electrons. The van der Waals surface area contributed by atoms with Crippen molar-refractivity contribution >= 4 is 16.8 Å². The van der Waals surface area contributed by atoms with Gasteiger partial charge in [0.2, 0.25) is 0 Å². The lowest BCUT2D eigenvalue weighted by Gasteiger charge is -2.35. The average molecular weight is 359 g/mol. The second-order valence-electron chi connectivity index (χ2n) is 7.97. The molecule has 0 aliphatic carbocycles. The van der Waals surface area contributed by atoms with Crippen LogP contribution in [0.4, 0.5) is 0 Å². The topological polar surface area (TPSA) is 46.1 Å². The minimum absolute atomic E-state index is 0.108. The minimum Gasteiger partial charge on any atom is -0.338 e. The van der Waals surface area contributed by atoms with E-state index in [1.165, 1.54) is 6.42 Å². The lowest BCUT2D eigenvalue weighted by Crippen LogP contribution is -2.42. The van der Waals surface area contributed by atoms with Crippen molar-refractivity contribution in [3.8, 4) is 11.3 Å². The highest BCUT2D eigenvalue weighted by Crippen LogP contribution is 2.28. The van der Waals surface area contributed by atoms with Crippen LogP contribution in [0.25, 0.3) is 22.2 Å². The Morgan fingerprint density at radius 3 is 2.59 bits per heavy atom. The predicted molar refractivity (Wildman–Crippen MR) is 109 cm³/mol. The molecule has 4 rings (SSSR count). The summed E-state index contributed by atoms with van der Waals surface area (Å²) in [6, 6.07) is 11.9. The van der Waals surface area contributed by atoms with Gasteiger partial charge in [0.05, 0.1) is 16.8 Å². The van der Waals surface area contributed by atoms with Gasteiger partial charge in [0.15, 0.2) is 0 Å². The molecular formula is C23H25N3O. The fraction of sp³-hybridized carbons (Fsp3) is 0.348. The van der Waals surface area contributed by atoms with Gasteiger partial charge in [-0.15, -0.1) is 0 Å². The van der Waals surface area contributed by atoms with Crippen LogP contribution in [0.15, 0.2) is 48.8 Å². The van der Waals surface area contributed by atoms with Gasteiger partial charge in [0, 0.05) is 36.4 Å². The molecule has 1 amide bonds. The number of benzene rings is 1. The second-order valence-corrected chi connectivity index (χ2v) is 7.97. The number of hydrogen-bond acceptors (Lipinski definition) is 3. The minimum atomic E-state index is 0.108. The van der Waals surface area contributed by atoms with Crippen LogP contribution in [0, 0.1) is 18.8 Å². The molecule has 1 fully saturated rings. The van der Waals surface area contributed by atoms with Crippen molar-refractivity contribution in [2.24, 2.45) is 11.8 Å². The van der Waals surface area contributed by atoms with Crippen LogP contribution in [0.3, 0.4) is 0 Å². The van der Waals surface area contributed by atoms with Crippen LogP contribution >= 0.6 is 0 Å². The summed E-state index contributed by atoms with van der Waals surface area (Å²) in [5, 5.41) is 0.929. The number of piperidine rings is 1. The number of pyridine rings is 2. The summed E-state index contributed by atoms with van der Waals surface area (Å²) in [5.41, 5.74) is 4.44. The first kappa shape index (κ1) is 17.7. The van der Waals surface area contributed by atoms with Crippen LogP contribution in [-0.2, 0) is 0 Å². The van der Waals surface area contributed by atoms with Gasteiger partial charge < -0.3 is 4.90 Å². The van der Waals surface area contributed by atoms with Crippen molar-refractivity contribution in [3.63, 3.8) is 0 Å². The third-order valence-electron chi connectivity index (χ3n) is 5.31. The summed E-state index contributed by atoms with van der Waals surface area (Å²) >= 11 is 0. The van der Waals surface area contributed by atoms with Crippen molar-refractivity contribution in [1.82, 2.24) is 14.9 Å². The molecule has 27 heavy (non-hydrogen) atoms. The lowest BCUT2D eigenvalue weighted by atomic mass is 9.91. The molecule has 1 aliphatic heterocycles. The lowest BCUT2D eigenvalue weighted by molar-refractivity contribution is 0.0625. The molecule has 4 heteroatoms. The molecule has 0 N–H and O–H groups in total.